The fourth-order valence-electron chi connectivity index (χ4n) is 3.43. The van der Waals surface area contributed by atoms with Crippen molar-refractivity contribution >= 4 is 22.5 Å². The molecule has 2 heterocycles. The number of nitrogens with one attached hydrogen (secondary N) is 2. The Morgan fingerprint density at radius 3 is 2.76 bits per heavy atom. The van der Waals surface area contributed by atoms with E-state index in [4.69, 9.17) is 9.47 Å². The summed E-state index contributed by atoms with van der Waals surface area (Å²) >= 11 is 0. The topological polar surface area (TPSA) is 83.7 Å². The summed E-state index contributed by atoms with van der Waals surface area (Å²) in [5.74, 6) is 0.658. The van der Waals surface area contributed by atoms with E-state index >= 15 is 0 Å². The lowest BCUT2D eigenvalue weighted by Gasteiger charge is -2.27. The van der Waals surface area contributed by atoms with Crippen molar-refractivity contribution in [3.8, 4) is 5.75 Å². The predicted octanol–water partition coefficient (Wildman–Crippen LogP) is 2.62. The van der Waals surface area contributed by atoms with Gasteiger partial charge in [-0.2, -0.15) is 0 Å². The second kappa shape index (κ2) is 8.36. The van der Waals surface area contributed by atoms with Crippen LogP contribution < -0.4 is 15.6 Å². The highest BCUT2D eigenvalue weighted by Crippen LogP contribution is 2.21. The molecule has 1 aromatic heterocycles. The Morgan fingerprint density at radius 1 is 1.17 bits per heavy atom. The summed E-state index contributed by atoms with van der Waals surface area (Å²) < 4.78 is 10.5. The van der Waals surface area contributed by atoms with Crippen molar-refractivity contribution in [2.24, 2.45) is 0 Å². The number of rotatable bonds is 5. The number of nitrogens with zero attached hydrogens (tertiary/aromatic N) is 1. The van der Waals surface area contributed by atoms with Gasteiger partial charge in [0.15, 0.2) is 0 Å². The van der Waals surface area contributed by atoms with Gasteiger partial charge in [0.1, 0.15) is 5.75 Å². The molecule has 1 amide bonds. The van der Waals surface area contributed by atoms with Crippen LogP contribution in [-0.4, -0.2) is 49.2 Å². The third kappa shape index (κ3) is 4.09. The van der Waals surface area contributed by atoms with Gasteiger partial charge in [0.2, 0.25) is 0 Å². The highest BCUT2D eigenvalue weighted by molar-refractivity contribution is 5.99. The Balaban J connectivity index is 1.55. The first-order chi connectivity index (χ1) is 14.2. The number of benzene rings is 2. The standard InChI is InChI=1S/C22H23N3O4/c1-28-17-7-6-15-12-16(21(26)24-20(15)13-17)14-23-19-5-3-2-4-18(19)22(27)25-8-10-29-11-9-25/h2-7,12-13,23H,8-11,14H2,1H3,(H,24,26). The molecule has 3 aromatic rings. The van der Waals surface area contributed by atoms with Gasteiger partial charge in [-0.25, -0.2) is 0 Å². The van der Waals surface area contributed by atoms with E-state index in [0.717, 1.165) is 10.9 Å². The van der Waals surface area contributed by atoms with Gasteiger partial charge in [0.25, 0.3) is 11.5 Å². The van der Waals surface area contributed by atoms with E-state index in [0.29, 0.717) is 55.4 Å². The molecule has 4 rings (SSSR count). The Hall–Kier alpha value is -3.32. The number of aromatic nitrogens is 1. The molecule has 1 saturated heterocycles. The lowest BCUT2D eigenvalue weighted by Crippen LogP contribution is -2.40. The number of carbonyl (C=O) groups is 1. The lowest BCUT2D eigenvalue weighted by molar-refractivity contribution is 0.0303. The van der Waals surface area contributed by atoms with E-state index in [-0.39, 0.29) is 11.5 Å². The quantitative estimate of drug-likeness (QED) is 0.696. The normalized spacial score (nSPS) is 14.0. The van der Waals surface area contributed by atoms with Crippen molar-refractivity contribution in [2.75, 3.05) is 38.7 Å². The largest absolute Gasteiger partial charge is 0.497 e. The smallest absolute Gasteiger partial charge is 0.256 e. The highest BCUT2D eigenvalue weighted by atomic mass is 16.5. The summed E-state index contributed by atoms with van der Waals surface area (Å²) in [5.41, 5.74) is 2.45. The van der Waals surface area contributed by atoms with E-state index in [2.05, 4.69) is 10.3 Å². The van der Waals surface area contributed by atoms with Crippen LogP contribution in [0.3, 0.4) is 0 Å². The number of methoxy groups -OCH3 is 1. The molecule has 7 heteroatoms. The summed E-state index contributed by atoms with van der Waals surface area (Å²) in [4.78, 5) is 30.1. The molecule has 0 atom stereocenters. The van der Waals surface area contributed by atoms with Gasteiger partial charge >= 0.3 is 0 Å². The zero-order valence-electron chi connectivity index (χ0n) is 16.2. The summed E-state index contributed by atoms with van der Waals surface area (Å²) in [6.07, 6.45) is 0. The number of pyridine rings is 1. The van der Waals surface area contributed by atoms with E-state index in [9.17, 15) is 9.59 Å². The number of para-hydroxylation sites is 1. The Kier molecular flexibility index (Phi) is 5.48. The molecule has 0 spiro atoms. The minimum Gasteiger partial charge on any atom is -0.497 e. The molecule has 2 aromatic carbocycles. The van der Waals surface area contributed by atoms with E-state index in [1.54, 1.807) is 24.1 Å². The molecule has 1 aliphatic rings. The first-order valence-corrected chi connectivity index (χ1v) is 9.55. The van der Waals surface area contributed by atoms with Crippen LogP contribution in [0.1, 0.15) is 15.9 Å². The van der Waals surface area contributed by atoms with Crippen LogP contribution in [-0.2, 0) is 11.3 Å². The molecule has 29 heavy (non-hydrogen) atoms. The molecule has 1 fully saturated rings. The maximum absolute atomic E-state index is 12.9. The van der Waals surface area contributed by atoms with Crippen molar-refractivity contribution < 1.29 is 14.3 Å². The number of H-pyrrole nitrogens is 1. The lowest BCUT2D eigenvalue weighted by atomic mass is 10.1. The summed E-state index contributed by atoms with van der Waals surface area (Å²) in [5, 5.41) is 4.17. The molecule has 0 aliphatic carbocycles. The molecule has 7 nitrogen and oxygen atoms in total. The van der Waals surface area contributed by atoms with Gasteiger partial charge in [-0.3, -0.25) is 9.59 Å². The Labute approximate surface area is 168 Å². The fraction of sp³-hybridized carbons (Fsp3) is 0.273. The van der Waals surface area contributed by atoms with Crippen LogP contribution in [0, 0.1) is 0 Å². The number of ether oxygens (including phenoxy) is 2. The van der Waals surface area contributed by atoms with E-state index in [1.165, 1.54) is 0 Å². The van der Waals surface area contributed by atoms with Crippen LogP contribution in [0.25, 0.3) is 10.9 Å². The molecular weight excluding hydrogens is 370 g/mol. The average molecular weight is 393 g/mol. The van der Waals surface area contributed by atoms with Gasteiger partial charge in [-0.05, 0) is 35.7 Å². The minimum absolute atomic E-state index is 0.0316. The number of carbonyl (C=O) groups excluding carboxylic acids is 1. The van der Waals surface area contributed by atoms with Gasteiger partial charge in [-0.1, -0.05) is 12.1 Å². The first kappa shape index (κ1) is 19.0. The Morgan fingerprint density at radius 2 is 1.97 bits per heavy atom. The van der Waals surface area contributed by atoms with Crippen molar-refractivity contribution in [1.82, 2.24) is 9.88 Å². The number of amides is 1. The number of anilines is 1. The molecule has 2 N–H and O–H groups in total. The summed E-state index contributed by atoms with van der Waals surface area (Å²) in [6, 6.07) is 14.8. The average Bonchev–Trinajstić information content (AvgIpc) is 2.77. The molecule has 0 bridgehead atoms. The maximum Gasteiger partial charge on any atom is 0.256 e. The van der Waals surface area contributed by atoms with E-state index in [1.807, 2.05) is 36.4 Å². The van der Waals surface area contributed by atoms with Crippen LogP contribution in [0.2, 0.25) is 0 Å². The van der Waals surface area contributed by atoms with Gasteiger partial charge < -0.3 is 24.7 Å². The molecule has 0 unspecified atom stereocenters. The van der Waals surface area contributed by atoms with Crippen LogP contribution >= 0.6 is 0 Å². The third-order valence-electron chi connectivity index (χ3n) is 5.06. The molecule has 150 valence electrons. The van der Waals surface area contributed by atoms with Crippen LogP contribution in [0.4, 0.5) is 5.69 Å². The zero-order valence-corrected chi connectivity index (χ0v) is 16.2. The second-order valence-electron chi connectivity index (χ2n) is 6.88. The zero-order chi connectivity index (χ0) is 20.2. The first-order valence-electron chi connectivity index (χ1n) is 9.55. The van der Waals surface area contributed by atoms with Crippen molar-refractivity contribution in [3.63, 3.8) is 0 Å². The monoisotopic (exact) mass is 393 g/mol. The fourth-order valence-corrected chi connectivity index (χ4v) is 3.43. The molecule has 0 radical (unpaired) electrons. The SMILES string of the molecule is COc1ccc2cc(CNc3ccccc3C(=O)N3CCOCC3)c(=O)[nH]c2c1. The molecule has 0 saturated carbocycles. The maximum atomic E-state index is 12.9. The number of hydrogen-bond donors (Lipinski definition) is 2. The number of fused-ring (bicyclic) bond motifs is 1. The van der Waals surface area contributed by atoms with Crippen LogP contribution in [0.15, 0.2) is 53.3 Å². The number of morpholine rings is 1. The van der Waals surface area contributed by atoms with Gasteiger partial charge in [0, 0.05) is 37.0 Å². The van der Waals surface area contributed by atoms with Gasteiger partial charge in [0.05, 0.1) is 31.4 Å². The van der Waals surface area contributed by atoms with E-state index < -0.39 is 0 Å². The van der Waals surface area contributed by atoms with Crippen molar-refractivity contribution in [2.45, 2.75) is 6.54 Å². The third-order valence-corrected chi connectivity index (χ3v) is 5.06. The highest BCUT2D eigenvalue weighted by Gasteiger charge is 2.20. The van der Waals surface area contributed by atoms with Crippen LogP contribution in [0.5, 0.6) is 5.75 Å². The summed E-state index contributed by atoms with van der Waals surface area (Å²) in [7, 11) is 1.59. The van der Waals surface area contributed by atoms with Crippen molar-refractivity contribution in [3.05, 3.63) is 70.0 Å². The van der Waals surface area contributed by atoms with Crippen molar-refractivity contribution in [1.29, 1.82) is 0 Å². The summed E-state index contributed by atoms with van der Waals surface area (Å²) in [6.45, 7) is 2.59. The number of aromatic amines is 1. The molecule has 1 aliphatic heterocycles. The second-order valence-corrected chi connectivity index (χ2v) is 6.88. The predicted molar refractivity (Wildman–Crippen MR) is 112 cm³/mol. The Bertz CT molecular complexity index is 1090. The van der Waals surface area contributed by atoms with Gasteiger partial charge in [-0.15, -0.1) is 0 Å². The molecular formula is C22H23N3O4. The number of hydrogen-bond acceptors (Lipinski definition) is 5. The minimum atomic E-state index is -0.171.